The maximum Gasteiger partial charge on any atom is 0.313 e. The van der Waals surface area contributed by atoms with E-state index in [0.29, 0.717) is 12.8 Å². The Labute approximate surface area is 110 Å². The van der Waals surface area contributed by atoms with E-state index in [2.05, 4.69) is 0 Å². The van der Waals surface area contributed by atoms with Gasteiger partial charge in [-0.1, -0.05) is 12.8 Å². The highest BCUT2D eigenvalue weighted by Crippen LogP contribution is 2.31. The van der Waals surface area contributed by atoms with Gasteiger partial charge in [0.15, 0.2) is 5.75 Å². The Morgan fingerprint density at radius 1 is 1.32 bits per heavy atom. The maximum absolute atomic E-state index is 13.0. The van der Waals surface area contributed by atoms with E-state index in [9.17, 15) is 19.6 Å². The van der Waals surface area contributed by atoms with Gasteiger partial charge in [0.2, 0.25) is 0 Å². The minimum absolute atomic E-state index is 0.0114. The Morgan fingerprint density at radius 2 is 2.05 bits per heavy atom. The molecular weight excluding hydrogens is 253 g/mol. The summed E-state index contributed by atoms with van der Waals surface area (Å²) in [6.45, 7) is 0. The van der Waals surface area contributed by atoms with Gasteiger partial charge in [0.1, 0.15) is 11.9 Å². The van der Waals surface area contributed by atoms with Gasteiger partial charge in [0, 0.05) is 0 Å². The molecule has 2 rings (SSSR count). The average Bonchev–Trinajstić information content (AvgIpc) is 2.57. The van der Waals surface area contributed by atoms with E-state index < -0.39 is 28.6 Å². The van der Waals surface area contributed by atoms with Crippen LogP contribution >= 0.6 is 0 Å². The highest BCUT2D eigenvalue weighted by atomic mass is 19.1. The standard InChI is InChI=1S/C13H16FNO4/c14-9-6-7-12(10(8-9)15(17)18)19-13-5-3-1-2-4-11(13)16/h6-8,11,13,16H,1-5H2. The minimum atomic E-state index is -0.680. The fraction of sp³-hybridized carbons (Fsp3) is 0.538. The largest absolute Gasteiger partial charge is 0.481 e. The predicted molar refractivity (Wildman–Crippen MR) is 66.6 cm³/mol. The summed E-state index contributed by atoms with van der Waals surface area (Å²) in [5.74, 6) is -0.669. The zero-order chi connectivity index (χ0) is 13.8. The lowest BCUT2D eigenvalue weighted by molar-refractivity contribution is -0.386. The van der Waals surface area contributed by atoms with E-state index in [1.807, 2.05) is 0 Å². The van der Waals surface area contributed by atoms with E-state index in [1.165, 1.54) is 6.07 Å². The molecule has 0 bridgehead atoms. The second-order valence-electron chi connectivity index (χ2n) is 4.73. The Bertz CT molecular complexity index is 466. The average molecular weight is 269 g/mol. The topological polar surface area (TPSA) is 72.6 Å². The Hall–Kier alpha value is -1.69. The fourth-order valence-corrected chi connectivity index (χ4v) is 2.29. The fourth-order valence-electron chi connectivity index (χ4n) is 2.29. The van der Waals surface area contributed by atoms with Crippen molar-refractivity contribution < 1.29 is 19.2 Å². The normalized spacial score (nSPS) is 23.7. The van der Waals surface area contributed by atoms with Gasteiger partial charge >= 0.3 is 5.69 Å². The number of benzene rings is 1. The van der Waals surface area contributed by atoms with Crippen LogP contribution in [0.15, 0.2) is 18.2 Å². The smallest absolute Gasteiger partial charge is 0.313 e. The van der Waals surface area contributed by atoms with Crippen molar-refractivity contribution in [1.82, 2.24) is 0 Å². The molecule has 1 aliphatic rings. The second-order valence-corrected chi connectivity index (χ2v) is 4.73. The van der Waals surface area contributed by atoms with E-state index >= 15 is 0 Å². The van der Waals surface area contributed by atoms with Gasteiger partial charge in [-0.25, -0.2) is 4.39 Å². The van der Waals surface area contributed by atoms with Gasteiger partial charge in [-0.2, -0.15) is 0 Å². The van der Waals surface area contributed by atoms with Crippen molar-refractivity contribution in [2.45, 2.75) is 44.3 Å². The molecule has 0 amide bonds. The highest BCUT2D eigenvalue weighted by molar-refractivity contribution is 5.46. The van der Waals surface area contributed by atoms with Crippen LogP contribution in [-0.2, 0) is 0 Å². The summed E-state index contributed by atoms with van der Waals surface area (Å²) >= 11 is 0. The van der Waals surface area contributed by atoms with E-state index in [0.717, 1.165) is 31.4 Å². The summed E-state index contributed by atoms with van der Waals surface area (Å²) in [5, 5.41) is 20.8. The van der Waals surface area contributed by atoms with Gasteiger partial charge in [0.05, 0.1) is 17.1 Å². The molecule has 0 saturated heterocycles. The molecular formula is C13H16FNO4. The summed E-state index contributed by atoms with van der Waals surface area (Å²) in [4.78, 5) is 10.2. The van der Waals surface area contributed by atoms with E-state index in [4.69, 9.17) is 4.74 Å². The molecule has 0 spiro atoms. The number of rotatable bonds is 3. The molecule has 0 aromatic heterocycles. The first-order chi connectivity index (χ1) is 9.08. The third-order valence-corrected chi connectivity index (χ3v) is 3.31. The maximum atomic E-state index is 13.0. The van der Waals surface area contributed by atoms with Crippen LogP contribution in [0.4, 0.5) is 10.1 Å². The summed E-state index contributed by atoms with van der Waals surface area (Å²) in [7, 11) is 0. The van der Waals surface area contributed by atoms with Crippen molar-refractivity contribution in [3.8, 4) is 5.75 Å². The van der Waals surface area contributed by atoms with Gasteiger partial charge in [-0.3, -0.25) is 10.1 Å². The van der Waals surface area contributed by atoms with Crippen LogP contribution in [0.5, 0.6) is 5.75 Å². The molecule has 0 radical (unpaired) electrons. The van der Waals surface area contributed by atoms with Crippen molar-refractivity contribution in [2.75, 3.05) is 0 Å². The lowest BCUT2D eigenvalue weighted by Gasteiger charge is -2.21. The Kier molecular flexibility index (Phi) is 4.31. The van der Waals surface area contributed by atoms with Crippen LogP contribution in [0.1, 0.15) is 32.1 Å². The first-order valence-electron chi connectivity index (χ1n) is 6.36. The third-order valence-electron chi connectivity index (χ3n) is 3.31. The number of aliphatic hydroxyl groups excluding tert-OH is 1. The molecule has 0 heterocycles. The first-order valence-corrected chi connectivity index (χ1v) is 6.36. The van der Waals surface area contributed by atoms with Crippen LogP contribution in [-0.4, -0.2) is 22.2 Å². The number of hydrogen-bond donors (Lipinski definition) is 1. The highest BCUT2D eigenvalue weighted by Gasteiger charge is 2.26. The minimum Gasteiger partial charge on any atom is -0.481 e. The van der Waals surface area contributed by atoms with Crippen LogP contribution < -0.4 is 4.74 Å². The molecule has 2 unspecified atom stereocenters. The molecule has 0 aliphatic heterocycles. The van der Waals surface area contributed by atoms with Crippen molar-refractivity contribution in [3.05, 3.63) is 34.1 Å². The molecule has 1 aromatic carbocycles. The molecule has 1 aromatic rings. The number of nitro benzene ring substituents is 1. The molecule has 6 heteroatoms. The quantitative estimate of drug-likeness (QED) is 0.520. The van der Waals surface area contributed by atoms with Gasteiger partial charge in [-0.05, 0) is 31.4 Å². The number of aliphatic hydroxyl groups is 1. The molecule has 1 aliphatic carbocycles. The van der Waals surface area contributed by atoms with Crippen molar-refractivity contribution in [3.63, 3.8) is 0 Å². The zero-order valence-electron chi connectivity index (χ0n) is 10.4. The van der Waals surface area contributed by atoms with Gasteiger partial charge < -0.3 is 9.84 Å². The Morgan fingerprint density at radius 3 is 2.79 bits per heavy atom. The van der Waals surface area contributed by atoms with Crippen molar-refractivity contribution >= 4 is 5.69 Å². The molecule has 1 saturated carbocycles. The zero-order valence-corrected chi connectivity index (χ0v) is 10.4. The lowest BCUT2D eigenvalue weighted by atomic mass is 10.1. The molecule has 104 valence electrons. The van der Waals surface area contributed by atoms with Crippen LogP contribution in [0.2, 0.25) is 0 Å². The summed E-state index contributed by atoms with van der Waals surface area (Å²) in [5.41, 5.74) is -0.406. The van der Waals surface area contributed by atoms with E-state index in [1.54, 1.807) is 0 Å². The van der Waals surface area contributed by atoms with Crippen LogP contribution in [0.25, 0.3) is 0 Å². The number of hydrogen-bond acceptors (Lipinski definition) is 4. The SMILES string of the molecule is O=[N+]([O-])c1cc(F)ccc1OC1CCCCCC1O. The number of nitro groups is 1. The molecule has 19 heavy (non-hydrogen) atoms. The molecule has 2 atom stereocenters. The van der Waals surface area contributed by atoms with Gasteiger partial charge in [0.25, 0.3) is 0 Å². The summed E-state index contributed by atoms with van der Waals surface area (Å²) in [6.07, 6.45) is 3.03. The first kappa shape index (κ1) is 13.7. The van der Waals surface area contributed by atoms with Gasteiger partial charge in [-0.15, -0.1) is 0 Å². The van der Waals surface area contributed by atoms with Crippen molar-refractivity contribution in [1.29, 1.82) is 0 Å². The lowest BCUT2D eigenvalue weighted by Crippen LogP contribution is -2.30. The third kappa shape index (κ3) is 3.41. The Balaban J connectivity index is 2.19. The van der Waals surface area contributed by atoms with E-state index in [-0.39, 0.29) is 5.75 Å². The molecule has 1 N–H and O–H groups in total. The summed E-state index contributed by atoms with van der Waals surface area (Å²) < 4.78 is 18.6. The summed E-state index contributed by atoms with van der Waals surface area (Å²) in [6, 6.07) is 3.19. The number of nitrogens with zero attached hydrogens (tertiary/aromatic N) is 1. The predicted octanol–water partition coefficient (Wildman–Crippen LogP) is 2.81. The monoisotopic (exact) mass is 269 g/mol. The number of halogens is 1. The van der Waals surface area contributed by atoms with Crippen molar-refractivity contribution in [2.24, 2.45) is 0 Å². The second kappa shape index (κ2) is 5.97. The van der Waals surface area contributed by atoms with Crippen LogP contribution in [0, 0.1) is 15.9 Å². The van der Waals surface area contributed by atoms with Crippen LogP contribution in [0.3, 0.4) is 0 Å². The molecule has 5 nitrogen and oxygen atoms in total. The molecule has 1 fully saturated rings. The number of ether oxygens (including phenoxy) is 1.